The zero-order valence-corrected chi connectivity index (χ0v) is 13.2. The van der Waals surface area contributed by atoms with Crippen molar-refractivity contribution in [3.63, 3.8) is 0 Å². The van der Waals surface area contributed by atoms with Crippen LogP contribution in [0.4, 0.5) is 0 Å². The van der Waals surface area contributed by atoms with Gasteiger partial charge in [0.25, 0.3) is 0 Å². The van der Waals surface area contributed by atoms with Crippen molar-refractivity contribution < 1.29 is 9.84 Å². The topological polar surface area (TPSA) is 58.7 Å². The van der Waals surface area contributed by atoms with Crippen LogP contribution < -0.4 is 5.73 Å². The van der Waals surface area contributed by atoms with Gasteiger partial charge in [-0.15, -0.1) is 0 Å². The van der Waals surface area contributed by atoms with E-state index < -0.39 is 0 Å². The van der Waals surface area contributed by atoms with Crippen molar-refractivity contribution in [3.05, 3.63) is 35.4 Å². The molecule has 1 fully saturated rings. The van der Waals surface area contributed by atoms with Crippen molar-refractivity contribution in [3.8, 4) is 0 Å². The summed E-state index contributed by atoms with van der Waals surface area (Å²) in [7, 11) is 0. The zero-order valence-electron chi connectivity index (χ0n) is 13.2. The van der Waals surface area contributed by atoms with Crippen LogP contribution in [-0.4, -0.2) is 48.5 Å². The van der Waals surface area contributed by atoms with Crippen molar-refractivity contribution in [2.75, 3.05) is 26.3 Å². The van der Waals surface area contributed by atoms with Crippen molar-refractivity contribution in [1.82, 2.24) is 4.90 Å². The molecule has 0 aromatic heterocycles. The Balaban J connectivity index is 1.99. The van der Waals surface area contributed by atoms with Crippen molar-refractivity contribution >= 4 is 0 Å². The van der Waals surface area contributed by atoms with Gasteiger partial charge in [-0.1, -0.05) is 29.8 Å². The smallest absolute Gasteiger partial charge is 0.0701 e. The molecule has 4 heteroatoms. The Labute approximate surface area is 127 Å². The van der Waals surface area contributed by atoms with Gasteiger partial charge in [-0.05, 0) is 32.3 Å². The molecule has 0 amide bonds. The Morgan fingerprint density at radius 3 is 2.43 bits per heavy atom. The van der Waals surface area contributed by atoms with Gasteiger partial charge >= 0.3 is 0 Å². The van der Waals surface area contributed by atoms with Gasteiger partial charge in [-0.3, -0.25) is 4.90 Å². The quantitative estimate of drug-likeness (QED) is 0.840. The summed E-state index contributed by atoms with van der Waals surface area (Å²) < 4.78 is 5.63. The lowest BCUT2D eigenvalue weighted by atomic mass is 9.95. The van der Waals surface area contributed by atoms with E-state index in [-0.39, 0.29) is 24.8 Å². The largest absolute Gasteiger partial charge is 0.394 e. The number of nitrogens with two attached hydrogens (primary N) is 1. The first-order valence-corrected chi connectivity index (χ1v) is 7.90. The van der Waals surface area contributed by atoms with E-state index in [1.807, 2.05) is 0 Å². The van der Waals surface area contributed by atoms with Crippen LogP contribution >= 0.6 is 0 Å². The fourth-order valence-electron chi connectivity index (χ4n) is 3.15. The van der Waals surface area contributed by atoms with E-state index in [4.69, 9.17) is 15.6 Å². The molecule has 1 heterocycles. The SMILES string of the molecule is Cc1ccc(C(C(C)N)N2CCC(OCCO)CC2)cc1. The second-order valence-electron chi connectivity index (χ2n) is 6.04. The lowest BCUT2D eigenvalue weighted by Gasteiger charge is -2.39. The van der Waals surface area contributed by atoms with E-state index >= 15 is 0 Å². The molecule has 0 aliphatic carbocycles. The van der Waals surface area contributed by atoms with Crippen LogP contribution in [0, 0.1) is 6.92 Å². The Bertz CT molecular complexity index is 411. The summed E-state index contributed by atoms with van der Waals surface area (Å²) in [5.41, 5.74) is 8.82. The number of piperidine rings is 1. The highest BCUT2D eigenvalue weighted by Gasteiger charge is 2.28. The highest BCUT2D eigenvalue weighted by atomic mass is 16.5. The van der Waals surface area contributed by atoms with E-state index in [0.717, 1.165) is 25.9 Å². The lowest BCUT2D eigenvalue weighted by Crippen LogP contribution is -2.45. The van der Waals surface area contributed by atoms with Crippen LogP contribution in [0.3, 0.4) is 0 Å². The highest BCUT2D eigenvalue weighted by Crippen LogP contribution is 2.28. The average molecular weight is 292 g/mol. The molecule has 1 aromatic rings. The molecule has 21 heavy (non-hydrogen) atoms. The Hall–Kier alpha value is -0.940. The molecule has 118 valence electrons. The van der Waals surface area contributed by atoms with E-state index in [9.17, 15) is 0 Å². The maximum absolute atomic E-state index is 8.83. The van der Waals surface area contributed by atoms with Crippen molar-refractivity contribution in [2.24, 2.45) is 5.73 Å². The molecule has 4 nitrogen and oxygen atoms in total. The van der Waals surface area contributed by atoms with Crippen LogP contribution in [0.2, 0.25) is 0 Å². The molecule has 1 aliphatic heterocycles. The van der Waals surface area contributed by atoms with Gasteiger partial charge in [0.05, 0.1) is 19.3 Å². The number of hydrogen-bond acceptors (Lipinski definition) is 4. The minimum absolute atomic E-state index is 0.0996. The van der Waals surface area contributed by atoms with E-state index in [2.05, 4.69) is 43.0 Å². The first kappa shape index (κ1) is 16.4. The summed E-state index contributed by atoms with van der Waals surface area (Å²) in [6.07, 6.45) is 2.30. The number of likely N-dealkylation sites (tertiary alicyclic amines) is 1. The number of ether oxygens (including phenoxy) is 1. The van der Waals surface area contributed by atoms with Crippen LogP contribution in [0.5, 0.6) is 0 Å². The van der Waals surface area contributed by atoms with E-state index in [1.54, 1.807) is 0 Å². The fourth-order valence-corrected chi connectivity index (χ4v) is 3.15. The molecule has 1 aliphatic rings. The van der Waals surface area contributed by atoms with Crippen LogP contribution in [0.25, 0.3) is 0 Å². The van der Waals surface area contributed by atoms with E-state index in [0.29, 0.717) is 6.61 Å². The number of hydrogen-bond donors (Lipinski definition) is 2. The summed E-state index contributed by atoms with van der Waals surface area (Å²) in [6, 6.07) is 9.06. The first-order chi connectivity index (χ1) is 10.1. The molecule has 0 spiro atoms. The second-order valence-corrected chi connectivity index (χ2v) is 6.04. The third-order valence-corrected chi connectivity index (χ3v) is 4.23. The number of aliphatic hydroxyl groups excluding tert-OH is 1. The molecule has 3 N–H and O–H groups in total. The third-order valence-electron chi connectivity index (χ3n) is 4.23. The normalized spacial score (nSPS) is 20.4. The number of nitrogens with zero attached hydrogens (tertiary/aromatic N) is 1. The molecule has 0 saturated carbocycles. The summed E-state index contributed by atoms with van der Waals surface area (Å²) in [5, 5.41) is 8.83. The van der Waals surface area contributed by atoms with Crippen molar-refractivity contribution in [2.45, 2.75) is 44.9 Å². The molecular weight excluding hydrogens is 264 g/mol. The molecule has 2 atom stereocenters. The fraction of sp³-hybridized carbons (Fsp3) is 0.647. The summed E-state index contributed by atoms with van der Waals surface area (Å²) in [6.45, 7) is 6.73. The van der Waals surface area contributed by atoms with Gasteiger partial charge in [-0.2, -0.15) is 0 Å². The van der Waals surface area contributed by atoms with Gasteiger partial charge in [-0.25, -0.2) is 0 Å². The van der Waals surface area contributed by atoms with Crippen LogP contribution in [0.1, 0.15) is 36.9 Å². The molecule has 2 rings (SSSR count). The van der Waals surface area contributed by atoms with Gasteiger partial charge in [0.2, 0.25) is 0 Å². The van der Waals surface area contributed by atoms with Crippen LogP contribution in [-0.2, 0) is 4.74 Å². The molecule has 0 bridgehead atoms. The molecule has 2 unspecified atom stereocenters. The minimum Gasteiger partial charge on any atom is -0.394 e. The lowest BCUT2D eigenvalue weighted by molar-refractivity contribution is -0.0172. The van der Waals surface area contributed by atoms with Gasteiger partial charge in [0.15, 0.2) is 0 Å². The number of aryl methyl sites for hydroxylation is 1. The monoisotopic (exact) mass is 292 g/mol. The van der Waals surface area contributed by atoms with E-state index in [1.165, 1.54) is 11.1 Å². The Morgan fingerprint density at radius 1 is 1.29 bits per heavy atom. The second kappa shape index (κ2) is 7.90. The molecular formula is C17H28N2O2. The van der Waals surface area contributed by atoms with Crippen molar-refractivity contribution in [1.29, 1.82) is 0 Å². The Morgan fingerprint density at radius 2 is 1.90 bits per heavy atom. The van der Waals surface area contributed by atoms with Gasteiger partial charge in [0, 0.05) is 25.2 Å². The first-order valence-electron chi connectivity index (χ1n) is 7.90. The predicted octanol–water partition coefficient (Wildman–Crippen LogP) is 1.86. The summed E-state index contributed by atoms with van der Waals surface area (Å²) >= 11 is 0. The maximum Gasteiger partial charge on any atom is 0.0701 e. The van der Waals surface area contributed by atoms with Gasteiger partial charge < -0.3 is 15.6 Å². The number of aliphatic hydroxyl groups is 1. The predicted molar refractivity (Wildman–Crippen MR) is 85.2 cm³/mol. The highest BCUT2D eigenvalue weighted by molar-refractivity contribution is 5.25. The standard InChI is InChI=1S/C17H28N2O2/c1-13-3-5-15(6-4-13)17(14(2)18)19-9-7-16(8-10-19)21-12-11-20/h3-6,14,16-17,20H,7-12,18H2,1-2H3. The minimum atomic E-state index is 0.0996. The molecule has 1 saturated heterocycles. The third kappa shape index (κ3) is 4.51. The zero-order chi connectivity index (χ0) is 15.2. The molecule has 1 aromatic carbocycles. The number of rotatable bonds is 6. The Kier molecular flexibility index (Phi) is 6.18. The maximum atomic E-state index is 8.83. The molecule has 0 radical (unpaired) electrons. The van der Waals surface area contributed by atoms with Crippen LogP contribution in [0.15, 0.2) is 24.3 Å². The summed E-state index contributed by atoms with van der Waals surface area (Å²) in [4.78, 5) is 2.47. The summed E-state index contributed by atoms with van der Waals surface area (Å²) in [5.74, 6) is 0. The average Bonchev–Trinajstić information content (AvgIpc) is 2.48. The number of benzene rings is 1. The van der Waals surface area contributed by atoms with Gasteiger partial charge in [0.1, 0.15) is 0 Å².